The number of hydrogen-bond donors (Lipinski definition) is 1. The highest BCUT2D eigenvalue weighted by atomic mass is 19.4. The zero-order valence-electron chi connectivity index (χ0n) is 10.3. The minimum atomic E-state index is -7.66. The van der Waals surface area contributed by atoms with Crippen LogP contribution in [0.1, 0.15) is 0 Å². The number of hydrogen-bond acceptors (Lipinski definition) is 1. The molecule has 0 bridgehead atoms. The lowest BCUT2D eigenvalue weighted by molar-refractivity contribution is -0.478. The fourth-order valence-electron chi connectivity index (χ4n) is 1.89. The normalized spacial score (nSPS) is 28.0. The lowest BCUT2D eigenvalue weighted by atomic mass is 9.69. The van der Waals surface area contributed by atoms with Gasteiger partial charge in [0.05, 0.1) is 0 Å². The average molecular weight is 388 g/mol. The van der Waals surface area contributed by atoms with Crippen molar-refractivity contribution in [3.63, 3.8) is 0 Å². The Morgan fingerprint density at radius 2 is 0.833 bits per heavy atom. The van der Waals surface area contributed by atoms with Gasteiger partial charge in [-0.15, -0.1) is 0 Å². The van der Waals surface area contributed by atoms with E-state index < -0.39 is 52.9 Å². The van der Waals surface area contributed by atoms with Crippen LogP contribution in [-0.2, 0) is 4.79 Å². The van der Waals surface area contributed by atoms with Crippen LogP contribution in [0.15, 0.2) is 11.7 Å². The van der Waals surface area contributed by atoms with Crippen LogP contribution in [0.2, 0.25) is 0 Å². The number of carbonyl (C=O) groups is 1. The Balaban J connectivity index is 4.10. The van der Waals surface area contributed by atoms with Gasteiger partial charge >= 0.3 is 35.6 Å². The molecular formula is C9HF13O2. The molecule has 0 aromatic carbocycles. The van der Waals surface area contributed by atoms with E-state index in [0.717, 1.165) is 0 Å². The van der Waals surface area contributed by atoms with Gasteiger partial charge in [-0.2, -0.15) is 52.7 Å². The highest BCUT2D eigenvalue weighted by Crippen LogP contribution is 2.71. The summed E-state index contributed by atoms with van der Waals surface area (Å²) in [5.41, 5.74) is -11.6. The Hall–Kier alpha value is -1.70. The average Bonchev–Trinajstić information content (AvgIpc) is 2.34. The molecule has 0 spiro atoms. The van der Waals surface area contributed by atoms with E-state index in [1.807, 2.05) is 0 Å². The second kappa shape index (κ2) is 4.68. The first-order valence-corrected chi connectivity index (χ1v) is 5.13. The predicted molar refractivity (Wildman–Crippen MR) is 45.5 cm³/mol. The smallest absolute Gasteiger partial charge is 0.384 e. The summed E-state index contributed by atoms with van der Waals surface area (Å²) in [7, 11) is 0. The fraction of sp³-hybridized carbons (Fsp3) is 0.667. The van der Waals surface area contributed by atoms with Crippen molar-refractivity contribution in [3.05, 3.63) is 11.7 Å². The molecule has 0 radical (unpaired) electrons. The van der Waals surface area contributed by atoms with Crippen molar-refractivity contribution >= 4 is 5.97 Å². The summed E-state index contributed by atoms with van der Waals surface area (Å²) in [4.78, 5) is 10.3. The number of alkyl halides is 11. The Labute approximate surface area is 121 Å². The van der Waals surface area contributed by atoms with Crippen molar-refractivity contribution in [2.45, 2.75) is 35.3 Å². The van der Waals surface area contributed by atoms with E-state index in [-0.39, 0.29) is 0 Å². The third kappa shape index (κ3) is 1.72. The third-order valence-electron chi connectivity index (χ3n) is 3.19. The highest BCUT2D eigenvalue weighted by Gasteiger charge is 3.02. The van der Waals surface area contributed by atoms with E-state index >= 15 is 0 Å². The molecule has 1 rings (SSSR count). The van der Waals surface area contributed by atoms with Gasteiger partial charge in [-0.05, 0) is 0 Å². The van der Waals surface area contributed by atoms with Crippen molar-refractivity contribution < 1.29 is 67.0 Å². The molecule has 1 aliphatic carbocycles. The molecule has 2 nitrogen and oxygen atoms in total. The number of carboxylic acid groups (broad SMARTS) is 1. The van der Waals surface area contributed by atoms with Crippen LogP contribution in [0, 0.1) is 0 Å². The summed E-state index contributed by atoms with van der Waals surface area (Å²) in [6.07, 6.45) is -4.33. The SMILES string of the molecule is O=C(O)C(=C(F)F)C1(F)C(F)(F)C(F)(F)C(F)(F)C(F)(F)C1(F)F. The number of halogens is 13. The Kier molecular flexibility index (Phi) is 3.97. The molecule has 0 saturated heterocycles. The van der Waals surface area contributed by atoms with Crippen LogP contribution in [-0.4, -0.2) is 46.4 Å². The molecule has 1 fully saturated rings. The van der Waals surface area contributed by atoms with Gasteiger partial charge < -0.3 is 5.11 Å². The first kappa shape index (κ1) is 20.3. The minimum absolute atomic E-state index is 3.77. The van der Waals surface area contributed by atoms with Crippen molar-refractivity contribution in [2.75, 3.05) is 0 Å². The maximum Gasteiger partial charge on any atom is 0.384 e. The third-order valence-corrected chi connectivity index (χ3v) is 3.19. The standard InChI is InChI=1S/C9HF13O2/c10-2(11)1(3(23)24)4(12)5(13,14)7(17,18)9(21,22)8(19,20)6(4,15)16/h(H,23,24). The van der Waals surface area contributed by atoms with Crippen LogP contribution in [0.4, 0.5) is 57.1 Å². The number of rotatable bonds is 2. The first-order valence-electron chi connectivity index (χ1n) is 5.13. The van der Waals surface area contributed by atoms with Gasteiger partial charge in [0.1, 0.15) is 0 Å². The van der Waals surface area contributed by atoms with Crippen molar-refractivity contribution in [3.8, 4) is 0 Å². The van der Waals surface area contributed by atoms with Crippen LogP contribution in [0.5, 0.6) is 0 Å². The quantitative estimate of drug-likeness (QED) is 0.571. The summed E-state index contributed by atoms with van der Waals surface area (Å²) in [6.45, 7) is 0. The van der Waals surface area contributed by atoms with Crippen molar-refractivity contribution in [1.82, 2.24) is 0 Å². The maximum absolute atomic E-state index is 13.9. The lowest BCUT2D eigenvalue weighted by Crippen LogP contribution is -2.84. The van der Waals surface area contributed by atoms with E-state index in [2.05, 4.69) is 0 Å². The summed E-state index contributed by atoms with van der Waals surface area (Å²) < 4.78 is 169. The monoisotopic (exact) mass is 388 g/mol. The molecule has 0 amide bonds. The largest absolute Gasteiger partial charge is 0.478 e. The number of aliphatic carboxylic acids is 1. The summed E-state index contributed by atoms with van der Waals surface area (Å²) >= 11 is 0. The zero-order chi connectivity index (χ0) is 19.7. The van der Waals surface area contributed by atoms with E-state index in [9.17, 15) is 61.9 Å². The fourth-order valence-corrected chi connectivity index (χ4v) is 1.89. The van der Waals surface area contributed by atoms with Gasteiger partial charge in [0.15, 0.2) is 5.57 Å². The summed E-state index contributed by atoms with van der Waals surface area (Å²) in [5, 5.41) is 8.07. The topological polar surface area (TPSA) is 37.3 Å². The van der Waals surface area contributed by atoms with Gasteiger partial charge in [0.2, 0.25) is 0 Å². The second-order valence-electron chi connectivity index (χ2n) is 4.47. The Bertz CT molecular complexity index is 571. The molecule has 0 unspecified atom stereocenters. The molecule has 0 aromatic heterocycles. The molecule has 1 N–H and O–H groups in total. The van der Waals surface area contributed by atoms with Crippen LogP contribution >= 0.6 is 0 Å². The molecule has 140 valence electrons. The predicted octanol–water partition coefficient (Wildman–Crippen LogP) is 4.12. The van der Waals surface area contributed by atoms with E-state index in [0.29, 0.717) is 0 Å². The van der Waals surface area contributed by atoms with Crippen molar-refractivity contribution in [2.24, 2.45) is 0 Å². The van der Waals surface area contributed by atoms with Crippen LogP contribution in [0.3, 0.4) is 0 Å². The number of carboxylic acids is 1. The van der Waals surface area contributed by atoms with E-state index in [4.69, 9.17) is 5.11 Å². The summed E-state index contributed by atoms with van der Waals surface area (Å²) in [6, 6.07) is 0. The highest BCUT2D eigenvalue weighted by molar-refractivity contribution is 5.90. The minimum Gasteiger partial charge on any atom is -0.478 e. The molecule has 0 aliphatic heterocycles. The van der Waals surface area contributed by atoms with E-state index in [1.165, 1.54) is 0 Å². The molecule has 15 heteroatoms. The van der Waals surface area contributed by atoms with Gasteiger partial charge in [-0.1, -0.05) is 0 Å². The molecular weight excluding hydrogens is 387 g/mol. The van der Waals surface area contributed by atoms with E-state index in [1.54, 1.807) is 0 Å². The van der Waals surface area contributed by atoms with Gasteiger partial charge in [0, 0.05) is 0 Å². The molecule has 1 aliphatic rings. The van der Waals surface area contributed by atoms with Crippen LogP contribution < -0.4 is 0 Å². The molecule has 0 atom stereocenters. The first-order chi connectivity index (χ1) is 10.3. The maximum atomic E-state index is 13.9. The van der Waals surface area contributed by atoms with Gasteiger partial charge in [-0.3, -0.25) is 0 Å². The zero-order valence-corrected chi connectivity index (χ0v) is 10.3. The lowest BCUT2D eigenvalue weighted by Gasteiger charge is -2.52. The van der Waals surface area contributed by atoms with Crippen LogP contribution in [0.25, 0.3) is 0 Å². The summed E-state index contributed by atoms with van der Waals surface area (Å²) in [5.74, 6) is -42.0. The molecule has 1 saturated carbocycles. The van der Waals surface area contributed by atoms with Crippen molar-refractivity contribution in [1.29, 1.82) is 0 Å². The molecule has 24 heavy (non-hydrogen) atoms. The Morgan fingerprint density at radius 3 is 1.04 bits per heavy atom. The van der Waals surface area contributed by atoms with Gasteiger partial charge in [0.25, 0.3) is 11.7 Å². The molecule has 0 aromatic rings. The Morgan fingerprint density at radius 1 is 0.583 bits per heavy atom. The van der Waals surface area contributed by atoms with Gasteiger partial charge in [-0.25, -0.2) is 9.18 Å². The second-order valence-corrected chi connectivity index (χ2v) is 4.47. The molecule has 0 heterocycles.